The molecule has 4 rings (SSSR count). The van der Waals surface area contributed by atoms with E-state index in [1.54, 1.807) is 4.90 Å². The van der Waals surface area contributed by atoms with Gasteiger partial charge in [-0.3, -0.25) is 9.59 Å². The SMILES string of the molecule is O=C1NCCN(C(=O)CC(c2ccccc2)c2ccccc2)C1c1ccccc1. The van der Waals surface area contributed by atoms with E-state index in [1.807, 2.05) is 66.7 Å². The van der Waals surface area contributed by atoms with Crippen molar-refractivity contribution in [3.8, 4) is 0 Å². The highest BCUT2D eigenvalue weighted by Gasteiger charge is 2.35. The lowest BCUT2D eigenvalue weighted by molar-refractivity contribution is -0.143. The van der Waals surface area contributed by atoms with Gasteiger partial charge in [0.15, 0.2) is 0 Å². The van der Waals surface area contributed by atoms with Crippen molar-refractivity contribution >= 4 is 11.8 Å². The molecule has 1 fully saturated rings. The first-order valence-corrected chi connectivity index (χ1v) is 9.96. The first-order chi connectivity index (χ1) is 14.2. The van der Waals surface area contributed by atoms with Gasteiger partial charge in [-0.1, -0.05) is 91.0 Å². The van der Waals surface area contributed by atoms with Crippen LogP contribution in [0.3, 0.4) is 0 Å². The van der Waals surface area contributed by atoms with Crippen LogP contribution in [0.4, 0.5) is 0 Å². The maximum absolute atomic E-state index is 13.4. The van der Waals surface area contributed by atoms with Crippen LogP contribution in [0.2, 0.25) is 0 Å². The van der Waals surface area contributed by atoms with Gasteiger partial charge in [0, 0.05) is 25.4 Å². The molecule has 1 unspecified atom stereocenters. The lowest BCUT2D eigenvalue weighted by Gasteiger charge is -2.36. The largest absolute Gasteiger partial charge is 0.352 e. The van der Waals surface area contributed by atoms with Gasteiger partial charge in [-0.15, -0.1) is 0 Å². The summed E-state index contributed by atoms with van der Waals surface area (Å²) in [5.74, 6) is -0.176. The van der Waals surface area contributed by atoms with E-state index in [0.29, 0.717) is 19.5 Å². The molecule has 3 aromatic rings. The van der Waals surface area contributed by atoms with Gasteiger partial charge < -0.3 is 10.2 Å². The highest BCUT2D eigenvalue weighted by Crippen LogP contribution is 2.31. The second-order valence-electron chi connectivity index (χ2n) is 7.27. The third-order valence-corrected chi connectivity index (χ3v) is 5.43. The van der Waals surface area contributed by atoms with Crippen LogP contribution >= 0.6 is 0 Å². The zero-order valence-electron chi connectivity index (χ0n) is 16.2. The number of nitrogens with one attached hydrogen (secondary N) is 1. The first-order valence-electron chi connectivity index (χ1n) is 9.96. The zero-order valence-corrected chi connectivity index (χ0v) is 16.2. The standard InChI is InChI=1S/C25H24N2O2/c28-23(27-17-16-26-25(29)24(27)21-14-8-3-9-15-21)18-22(19-10-4-1-5-11-19)20-12-6-2-7-13-20/h1-15,22,24H,16-18H2,(H,26,29). The van der Waals surface area contributed by atoms with Crippen molar-refractivity contribution in [3.05, 3.63) is 108 Å². The minimum absolute atomic E-state index is 0.00795. The fraction of sp³-hybridized carbons (Fsp3) is 0.200. The molecule has 1 aliphatic heterocycles. The van der Waals surface area contributed by atoms with Gasteiger partial charge in [-0.05, 0) is 16.7 Å². The Morgan fingerprint density at radius 1 is 0.862 bits per heavy atom. The lowest BCUT2D eigenvalue weighted by atomic mass is 9.87. The molecule has 1 saturated heterocycles. The Balaban J connectivity index is 1.63. The molecule has 0 aliphatic carbocycles. The predicted octanol–water partition coefficient (Wildman–Crippen LogP) is 3.91. The molecule has 0 bridgehead atoms. The van der Waals surface area contributed by atoms with E-state index >= 15 is 0 Å². The Kier molecular flexibility index (Phi) is 5.71. The summed E-state index contributed by atoms with van der Waals surface area (Å²) in [4.78, 5) is 27.8. The van der Waals surface area contributed by atoms with Gasteiger partial charge >= 0.3 is 0 Å². The molecule has 4 nitrogen and oxygen atoms in total. The fourth-order valence-corrected chi connectivity index (χ4v) is 3.99. The minimum Gasteiger partial charge on any atom is -0.352 e. The lowest BCUT2D eigenvalue weighted by Crippen LogP contribution is -2.52. The minimum atomic E-state index is -0.579. The molecule has 0 saturated carbocycles. The molecule has 0 radical (unpaired) electrons. The number of carbonyl (C=O) groups is 2. The molecular formula is C25H24N2O2. The molecule has 0 aromatic heterocycles. The predicted molar refractivity (Wildman–Crippen MR) is 113 cm³/mol. The highest BCUT2D eigenvalue weighted by atomic mass is 16.2. The average Bonchev–Trinajstić information content (AvgIpc) is 2.79. The van der Waals surface area contributed by atoms with Gasteiger partial charge in [0.05, 0.1) is 0 Å². The molecule has 2 amide bonds. The summed E-state index contributed by atoms with van der Waals surface area (Å²) in [6, 6.07) is 29.1. The van der Waals surface area contributed by atoms with Crippen LogP contribution in [0.1, 0.15) is 35.1 Å². The number of piperazine rings is 1. The van der Waals surface area contributed by atoms with E-state index in [-0.39, 0.29) is 17.7 Å². The van der Waals surface area contributed by atoms with Crippen molar-refractivity contribution in [2.75, 3.05) is 13.1 Å². The number of hydrogen-bond donors (Lipinski definition) is 1. The summed E-state index contributed by atoms with van der Waals surface area (Å²) in [6.07, 6.45) is 0.324. The van der Waals surface area contributed by atoms with E-state index in [4.69, 9.17) is 0 Å². The monoisotopic (exact) mass is 384 g/mol. The van der Waals surface area contributed by atoms with Crippen LogP contribution in [0.5, 0.6) is 0 Å². The smallest absolute Gasteiger partial charge is 0.247 e. The second kappa shape index (κ2) is 8.74. The molecule has 146 valence electrons. The van der Waals surface area contributed by atoms with Crippen LogP contribution in [0.15, 0.2) is 91.0 Å². The van der Waals surface area contributed by atoms with Crippen LogP contribution in [0.25, 0.3) is 0 Å². The number of benzene rings is 3. The van der Waals surface area contributed by atoms with Crippen molar-refractivity contribution < 1.29 is 9.59 Å². The Bertz CT molecular complexity index is 918. The molecule has 1 atom stereocenters. The highest BCUT2D eigenvalue weighted by molar-refractivity contribution is 5.90. The molecule has 0 spiro atoms. The summed E-state index contributed by atoms with van der Waals surface area (Å²) in [5.41, 5.74) is 3.04. The molecule has 29 heavy (non-hydrogen) atoms. The van der Waals surface area contributed by atoms with Crippen molar-refractivity contribution in [2.24, 2.45) is 0 Å². The Morgan fingerprint density at radius 2 is 1.38 bits per heavy atom. The Hall–Kier alpha value is -3.40. The summed E-state index contributed by atoms with van der Waals surface area (Å²) in [5, 5.41) is 2.90. The van der Waals surface area contributed by atoms with E-state index < -0.39 is 6.04 Å². The average molecular weight is 384 g/mol. The molecule has 4 heteroatoms. The van der Waals surface area contributed by atoms with Crippen LogP contribution in [-0.4, -0.2) is 29.8 Å². The molecule has 1 heterocycles. The molecule has 1 aliphatic rings. The van der Waals surface area contributed by atoms with Crippen molar-refractivity contribution in [3.63, 3.8) is 0 Å². The van der Waals surface area contributed by atoms with Gasteiger partial charge in [-0.25, -0.2) is 0 Å². The van der Waals surface area contributed by atoms with Crippen molar-refractivity contribution in [1.29, 1.82) is 0 Å². The topological polar surface area (TPSA) is 49.4 Å². The number of amides is 2. The van der Waals surface area contributed by atoms with Crippen LogP contribution < -0.4 is 5.32 Å². The summed E-state index contributed by atoms with van der Waals surface area (Å²) >= 11 is 0. The van der Waals surface area contributed by atoms with Crippen molar-refractivity contribution in [1.82, 2.24) is 10.2 Å². The summed E-state index contributed by atoms with van der Waals surface area (Å²) < 4.78 is 0. The zero-order chi connectivity index (χ0) is 20.1. The van der Waals surface area contributed by atoms with E-state index in [9.17, 15) is 9.59 Å². The Labute approximate surface area is 171 Å². The summed E-state index contributed by atoms with van der Waals surface area (Å²) in [6.45, 7) is 0.996. The number of carbonyl (C=O) groups excluding carboxylic acids is 2. The van der Waals surface area contributed by atoms with E-state index in [0.717, 1.165) is 16.7 Å². The van der Waals surface area contributed by atoms with Gasteiger partial charge in [0.25, 0.3) is 0 Å². The maximum atomic E-state index is 13.4. The first kappa shape index (κ1) is 18.9. The molecular weight excluding hydrogens is 360 g/mol. The van der Waals surface area contributed by atoms with E-state index in [2.05, 4.69) is 29.6 Å². The van der Waals surface area contributed by atoms with Gasteiger partial charge in [0.2, 0.25) is 11.8 Å². The van der Waals surface area contributed by atoms with Crippen LogP contribution in [-0.2, 0) is 9.59 Å². The number of nitrogens with zero attached hydrogens (tertiary/aromatic N) is 1. The molecule has 3 aromatic carbocycles. The molecule has 1 N–H and O–H groups in total. The summed E-state index contributed by atoms with van der Waals surface area (Å²) in [7, 11) is 0. The Morgan fingerprint density at radius 3 is 1.93 bits per heavy atom. The maximum Gasteiger partial charge on any atom is 0.247 e. The van der Waals surface area contributed by atoms with Gasteiger partial charge in [0.1, 0.15) is 6.04 Å². The van der Waals surface area contributed by atoms with E-state index in [1.165, 1.54) is 0 Å². The normalized spacial score (nSPS) is 16.5. The third kappa shape index (κ3) is 4.21. The van der Waals surface area contributed by atoms with Crippen molar-refractivity contribution in [2.45, 2.75) is 18.4 Å². The third-order valence-electron chi connectivity index (χ3n) is 5.43. The number of hydrogen-bond acceptors (Lipinski definition) is 2. The quantitative estimate of drug-likeness (QED) is 0.725. The van der Waals surface area contributed by atoms with Crippen LogP contribution in [0, 0.1) is 0 Å². The van der Waals surface area contributed by atoms with Gasteiger partial charge in [-0.2, -0.15) is 0 Å². The fourth-order valence-electron chi connectivity index (χ4n) is 3.99. The second-order valence-corrected chi connectivity index (χ2v) is 7.27. The number of rotatable bonds is 5.